The van der Waals surface area contributed by atoms with Crippen molar-refractivity contribution in [3.8, 4) is 5.75 Å². The summed E-state index contributed by atoms with van der Waals surface area (Å²) < 4.78 is 5.77. The minimum atomic E-state index is -0.505. The van der Waals surface area contributed by atoms with Crippen molar-refractivity contribution in [1.29, 1.82) is 0 Å². The van der Waals surface area contributed by atoms with Crippen LogP contribution in [-0.2, 0) is 5.41 Å². The smallest absolute Gasteiger partial charge is 0.125 e. The molecule has 1 N–H and O–H groups in total. The molecule has 1 unspecified atom stereocenters. The summed E-state index contributed by atoms with van der Waals surface area (Å²) in [5.41, 5.74) is 2.18. The van der Waals surface area contributed by atoms with E-state index >= 15 is 0 Å². The molecule has 0 heterocycles. The van der Waals surface area contributed by atoms with Gasteiger partial charge in [-0.25, -0.2) is 0 Å². The van der Waals surface area contributed by atoms with Crippen molar-refractivity contribution in [2.24, 2.45) is 5.92 Å². The highest BCUT2D eigenvalue weighted by Crippen LogP contribution is 2.31. The first kappa shape index (κ1) is 15.0. The van der Waals surface area contributed by atoms with Crippen molar-refractivity contribution in [2.75, 3.05) is 6.61 Å². The quantitative estimate of drug-likeness (QED) is 0.872. The molecule has 0 aromatic heterocycles. The van der Waals surface area contributed by atoms with Crippen molar-refractivity contribution in [1.82, 2.24) is 0 Å². The minimum absolute atomic E-state index is 0.0835. The average molecular weight is 250 g/mol. The van der Waals surface area contributed by atoms with Crippen molar-refractivity contribution in [2.45, 2.75) is 53.1 Å². The standard InChI is InChI=1S/C16H26O2/c1-11(2)10-18-15-8-7-13(16(4,5)6)9-14(15)12(3)17/h7-9,11-12,17H,10H2,1-6H3. The lowest BCUT2D eigenvalue weighted by molar-refractivity contribution is 0.188. The summed E-state index contributed by atoms with van der Waals surface area (Å²) >= 11 is 0. The molecule has 0 saturated heterocycles. The molecule has 0 aliphatic heterocycles. The molecule has 0 fully saturated rings. The Bertz CT molecular complexity index is 387. The SMILES string of the molecule is CC(C)COc1ccc(C(C)(C)C)cc1C(C)O. The lowest BCUT2D eigenvalue weighted by atomic mass is 9.85. The van der Waals surface area contributed by atoms with Crippen LogP contribution in [-0.4, -0.2) is 11.7 Å². The van der Waals surface area contributed by atoms with Crippen LogP contribution in [0, 0.1) is 5.92 Å². The zero-order valence-electron chi connectivity index (χ0n) is 12.4. The van der Waals surface area contributed by atoms with Gasteiger partial charge in [-0.15, -0.1) is 0 Å². The zero-order chi connectivity index (χ0) is 13.9. The number of rotatable bonds is 4. The third-order valence-electron chi connectivity index (χ3n) is 2.90. The van der Waals surface area contributed by atoms with E-state index in [0.717, 1.165) is 11.3 Å². The molecule has 102 valence electrons. The molecular weight excluding hydrogens is 224 g/mol. The lowest BCUT2D eigenvalue weighted by Crippen LogP contribution is -2.13. The van der Waals surface area contributed by atoms with E-state index in [4.69, 9.17) is 4.74 Å². The Morgan fingerprint density at radius 2 is 1.78 bits per heavy atom. The fraction of sp³-hybridized carbons (Fsp3) is 0.625. The van der Waals surface area contributed by atoms with E-state index in [1.807, 2.05) is 6.07 Å². The highest BCUT2D eigenvalue weighted by molar-refractivity contribution is 5.40. The van der Waals surface area contributed by atoms with Gasteiger partial charge in [0.25, 0.3) is 0 Å². The van der Waals surface area contributed by atoms with Crippen LogP contribution in [0.3, 0.4) is 0 Å². The first-order valence-electron chi connectivity index (χ1n) is 6.67. The molecular formula is C16H26O2. The zero-order valence-corrected chi connectivity index (χ0v) is 12.4. The number of ether oxygens (including phenoxy) is 1. The fourth-order valence-corrected chi connectivity index (χ4v) is 1.73. The summed E-state index contributed by atoms with van der Waals surface area (Å²) in [5, 5.41) is 9.88. The lowest BCUT2D eigenvalue weighted by Gasteiger charge is -2.22. The van der Waals surface area contributed by atoms with Crippen LogP contribution < -0.4 is 4.74 Å². The van der Waals surface area contributed by atoms with E-state index in [-0.39, 0.29) is 5.41 Å². The molecule has 2 nitrogen and oxygen atoms in total. The predicted molar refractivity (Wildman–Crippen MR) is 76.1 cm³/mol. The van der Waals surface area contributed by atoms with Crippen LogP contribution in [0.2, 0.25) is 0 Å². The number of benzene rings is 1. The van der Waals surface area contributed by atoms with Crippen molar-refractivity contribution >= 4 is 0 Å². The summed E-state index contributed by atoms with van der Waals surface area (Å²) in [5.74, 6) is 1.28. The molecule has 1 rings (SSSR count). The largest absolute Gasteiger partial charge is 0.493 e. The van der Waals surface area contributed by atoms with E-state index in [9.17, 15) is 5.11 Å². The molecule has 0 amide bonds. The molecule has 1 aromatic carbocycles. The Balaban J connectivity index is 3.05. The third-order valence-corrected chi connectivity index (χ3v) is 2.90. The second-order valence-electron chi connectivity index (χ2n) is 6.38. The molecule has 0 bridgehead atoms. The summed E-state index contributed by atoms with van der Waals surface area (Å²) in [6, 6.07) is 6.12. The van der Waals surface area contributed by atoms with Crippen LogP contribution in [0.4, 0.5) is 0 Å². The van der Waals surface area contributed by atoms with Crippen LogP contribution >= 0.6 is 0 Å². The molecule has 0 saturated carbocycles. The van der Waals surface area contributed by atoms with Crippen LogP contribution in [0.1, 0.15) is 58.8 Å². The number of aliphatic hydroxyl groups is 1. The van der Waals surface area contributed by atoms with E-state index < -0.39 is 6.10 Å². The maximum atomic E-state index is 9.88. The van der Waals surface area contributed by atoms with Gasteiger partial charge in [0.15, 0.2) is 0 Å². The topological polar surface area (TPSA) is 29.5 Å². The number of hydrogen-bond donors (Lipinski definition) is 1. The van der Waals surface area contributed by atoms with Gasteiger partial charge in [-0.2, -0.15) is 0 Å². The van der Waals surface area contributed by atoms with Gasteiger partial charge < -0.3 is 9.84 Å². The molecule has 2 heteroatoms. The maximum Gasteiger partial charge on any atom is 0.125 e. The molecule has 18 heavy (non-hydrogen) atoms. The molecule has 0 aliphatic rings. The molecule has 1 atom stereocenters. The highest BCUT2D eigenvalue weighted by Gasteiger charge is 2.18. The minimum Gasteiger partial charge on any atom is -0.493 e. The molecule has 0 aliphatic carbocycles. The van der Waals surface area contributed by atoms with Crippen LogP contribution in [0.25, 0.3) is 0 Å². The van der Waals surface area contributed by atoms with E-state index in [1.54, 1.807) is 6.92 Å². The Morgan fingerprint density at radius 3 is 2.22 bits per heavy atom. The molecule has 1 aromatic rings. The Hall–Kier alpha value is -1.02. The van der Waals surface area contributed by atoms with Crippen LogP contribution in [0.5, 0.6) is 5.75 Å². The molecule has 0 spiro atoms. The van der Waals surface area contributed by atoms with E-state index in [1.165, 1.54) is 5.56 Å². The second kappa shape index (κ2) is 5.75. The van der Waals surface area contributed by atoms with E-state index in [0.29, 0.717) is 12.5 Å². The summed E-state index contributed by atoms with van der Waals surface area (Å²) in [6.45, 7) is 13.2. The predicted octanol–water partition coefficient (Wildman–Crippen LogP) is 4.07. The summed E-state index contributed by atoms with van der Waals surface area (Å²) in [4.78, 5) is 0. The van der Waals surface area contributed by atoms with Gasteiger partial charge in [0, 0.05) is 5.56 Å². The second-order valence-corrected chi connectivity index (χ2v) is 6.38. The van der Waals surface area contributed by atoms with Crippen molar-refractivity contribution in [3.05, 3.63) is 29.3 Å². The number of hydrogen-bond acceptors (Lipinski definition) is 2. The fourth-order valence-electron chi connectivity index (χ4n) is 1.73. The summed E-state index contributed by atoms with van der Waals surface area (Å²) in [7, 11) is 0. The first-order valence-corrected chi connectivity index (χ1v) is 6.67. The Kier molecular flexibility index (Phi) is 4.80. The normalized spacial score (nSPS) is 13.8. The average Bonchev–Trinajstić information content (AvgIpc) is 2.24. The Morgan fingerprint density at radius 1 is 1.17 bits per heavy atom. The summed E-state index contributed by atoms with van der Waals surface area (Å²) in [6.07, 6.45) is -0.505. The Labute approximate surface area is 111 Å². The van der Waals surface area contributed by atoms with Gasteiger partial charge >= 0.3 is 0 Å². The molecule has 0 radical (unpaired) electrons. The maximum absolute atomic E-state index is 9.88. The van der Waals surface area contributed by atoms with Crippen molar-refractivity contribution in [3.63, 3.8) is 0 Å². The van der Waals surface area contributed by atoms with Gasteiger partial charge in [0.1, 0.15) is 5.75 Å². The van der Waals surface area contributed by atoms with Gasteiger partial charge in [0.05, 0.1) is 12.7 Å². The van der Waals surface area contributed by atoms with Gasteiger partial charge in [0.2, 0.25) is 0 Å². The first-order chi connectivity index (χ1) is 8.21. The van der Waals surface area contributed by atoms with Gasteiger partial charge in [-0.1, -0.05) is 40.7 Å². The van der Waals surface area contributed by atoms with E-state index in [2.05, 4.69) is 46.8 Å². The van der Waals surface area contributed by atoms with Gasteiger partial charge in [-0.05, 0) is 36.0 Å². The monoisotopic (exact) mass is 250 g/mol. The highest BCUT2D eigenvalue weighted by atomic mass is 16.5. The van der Waals surface area contributed by atoms with Gasteiger partial charge in [-0.3, -0.25) is 0 Å². The van der Waals surface area contributed by atoms with Crippen LogP contribution in [0.15, 0.2) is 18.2 Å². The number of aliphatic hydroxyl groups excluding tert-OH is 1. The van der Waals surface area contributed by atoms with Crippen molar-refractivity contribution < 1.29 is 9.84 Å². The third kappa shape index (κ3) is 4.02.